The Kier molecular flexibility index (Phi) is 6.59. The van der Waals surface area contributed by atoms with Crippen molar-refractivity contribution in [2.75, 3.05) is 33.3 Å². The molecule has 9 heteroatoms. The molecular formula is C26H26N2O7. The number of esters is 2. The van der Waals surface area contributed by atoms with E-state index in [1.165, 1.54) is 28.4 Å². The predicted octanol–water partition coefficient (Wildman–Crippen LogP) is 4.01. The van der Waals surface area contributed by atoms with Gasteiger partial charge in [0.2, 0.25) is 5.91 Å². The summed E-state index contributed by atoms with van der Waals surface area (Å²) in [6.45, 7) is 1.96. The lowest BCUT2D eigenvalue weighted by Crippen LogP contribution is -2.31. The highest BCUT2D eigenvalue weighted by atomic mass is 16.5. The Hall–Kier alpha value is -4.14. The first-order chi connectivity index (χ1) is 16.8. The van der Waals surface area contributed by atoms with Crippen LogP contribution in [-0.2, 0) is 14.3 Å². The molecule has 3 aromatic rings. The van der Waals surface area contributed by atoms with Gasteiger partial charge in [0.15, 0.2) is 11.5 Å². The van der Waals surface area contributed by atoms with E-state index in [2.05, 4.69) is 4.98 Å². The Bertz CT molecular complexity index is 1340. The third kappa shape index (κ3) is 4.14. The van der Waals surface area contributed by atoms with Crippen molar-refractivity contribution in [1.29, 1.82) is 0 Å². The molecule has 1 fully saturated rings. The largest absolute Gasteiger partial charge is 0.493 e. The third-order valence-corrected chi connectivity index (χ3v) is 6.21. The zero-order chi connectivity index (χ0) is 25.3. The maximum absolute atomic E-state index is 13.0. The summed E-state index contributed by atoms with van der Waals surface area (Å²) in [5.41, 5.74) is 1.08. The molecule has 182 valence electrons. The molecule has 35 heavy (non-hydrogen) atoms. The summed E-state index contributed by atoms with van der Waals surface area (Å²) in [5, 5.41) is 1.24. The molecule has 0 bridgehead atoms. The van der Waals surface area contributed by atoms with Crippen LogP contribution >= 0.6 is 0 Å². The number of hydrogen-bond acceptors (Lipinski definition) is 8. The number of pyridine rings is 1. The van der Waals surface area contributed by atoms with Crippen molar-refractivity contribution in [3.8, 4) is 22.6 Å². The van der Waals surface area contributed by atoms with Gasteiger partial charge < -0.3 is 18.9 Å². The molecular weight excluding hydrogens is 452 g/mol. The first kappa shape index (κ1) is 24.0. The molecule has 0 N–H and O–H groups in total. The molecule has 2 aromatic carbocycles. The van der Waals surface area contributed by atoms with E-state index in [0.29, 0.717) is 45.6 Å². The molecule has 0 saturated carbocycles. The minimum absolute atomic E-state index is 0.00664. The normalized spacial score (nSPS) is 15.3. The average molecular weight is 479 g/mol. The number of hydrogen-bond donors (Lipinski definition) is 0. The van der Waals surface area contributed by atoms with E-state index in [1.54, 1.807) is 41.4 Å². The molecule has 1 aliphatic heterocycles. The fourth-order valence-corrected chi connectivity index (χ4v) is 4.50. The Balaban J connectivity index is 2.10. The van der Waals surface area contributed by atoms with Crippen LogP contribution in [0.25, 0.3) is 21.9 Å². The zero-order valence-corrected chi connectivity index (χ0v) is 20.2. The number of anilines is 1. The minimum Gasteiger partial charge on any atom is -0.493 e. The molecule has 1 saturated heterocycles. The van der Waals surface area contributed by atoms with Crippen molar-refractivity contribution in [3.05, 3.63) is 47.7 Å². The third-order valence-electron chi connectivity index (χ3n) is 6.21. The lowest BCUT2D eigenvalue weighted by molar-refractivity contribution is -0.117. The van der Waals surface area contributed by atoms with Crippen LogP contribution in [-0.4, -0.2) is 57.3 Å². The van der Waals surface area contributed by atoms with Crippen LogP contribution in [0.3, 0.4) is 0 Å². The molecule has 0 spiro atoms. The summed E-state index contributed by atoms with van der Waals surface area (Å²) >= 11 is 0. The second-order valence-corrected chi connectivity index (χ2v) is 8.14. The summed E-state index contributed by atoms with van der Waals surface area (Å²) in [7, 11) is 5.51. The SMILES string of the molecule is COC(=O)c1cc2cc(OC)c(OC)cc2c(-c2ccnc(N3C(=O)CCC3C)c2)c1C(=O)OC. The Labute approximate surface area is 202 Å². The summed E-state index contributed by atoms with van der Waals surface area (Å²) in [5.74, 6) is -0.0534. The maximum Gasteiger partial charge on any atom is 0.339 e. The highest BCUT2D eigenvalue weighted by Gasteiger charge is 2.31. The summed E-state index contributed by atoms with van der Waals surface area (Å²) in [6.07, 6.45) is 2.75. The molecule has 9 nitrogen and oxygen atoms in total. The van der Waals surface area contributed by atoms with Gasteiger partial charge in [0, 0.05) is 24.2 Å². The minimum atomic E-state index is -0.707. The monoisotopic (exact) mass is 478 g/mol. The number of methoxy groups -OCH3 is 4. The molecule has 4 rings (SSSR count). The van der Waals surface area contributed by atoms with Crippen molar-refractivity contribution in [3.63, 3.8) is 0 Å². The quantitative estimate of drug-likeness (QED) is 0.490. The second kappa shape index (κ2) is 9.61. The summed E-state index contributed by atoms with van der Waals surface area (Å²) < 4.78 is 21.0. The van der Waals surface area contributed by atoms with Crippen LogP contribution in [0, 0.1) is 0 Å². The van der Waals surface area contributed by atoms with Gasteiger partial charge >= 0.3 is 11.9 Å². The van der Waals surface area contributed by atoms with Crippen LogP contribution in [0.5, 0.6) is 11.5 Å². The Morgan fingerprint density at radius 2 is 1.66 bits per heavy atom. The van der Waals surface area contributed by atoms with E-state index in [-0.39, 0.29) is 23.1 Å². The smallest absolute Gasteiger partial charge is 0.339 e. The predicted molar refractivity (Wildman–Crippen MR) is 129 cm³/mol. The summed E-state index contributed by atoms with van der Waals surface area (Å²) in [4.78, 5) is 44.4. The van der Waals surface area contributed by atoms with Gasteiger partial charge in [0.1, 0.15) is 5.82 Å². The number of amides is 1. The molecule has 0 aliphatic carbocycles. The van der Waals surface area contributed by atoms with Gasteiger partial charge in [-0.25, -0.2) is 14.6 Å². The van der Waals surface area contributed by atoms with Gasteiger partial charge in [0.05, 0.1) is 39.6 Å². The number of fused-ring (bicyclic) bond motifs is 1. The van der Waals surface area contributed by atoms with Gasteiger partial charge in [-0.3, -0.25) is 9.69 Å². The average Bonchev–Trinajstić information content (AvgIpc) is 3.23. The van der Waals surface area contributed by atoms with E-state index < -0.39 is 11.9 Å². The van der Waals surface area contributed by atoms with E-state index in [9.17, 15) is 14.4 Å². The van der Waals surface area contributed by atoms with E-state index in [0.717, 1.165) is 6.42 Å². The van der Waals surface area contributed by atoms with Gasteiger partial charge in [-0.2, -0.15) is 0 Å². The molecule has 1 aliphatic rings. The van der Waals surface area contributed by atoms with Crippen LogP contribution in [0.4, 0.5) is 5.82 Å². The number of rotatable bonds is 6. The van der Waals surface area contributed by atoms with E-state index in [4.69, 9.17) is 18.9 Å². The number of carbonyl (C=O) groups is 3. The second-order valence-electron chi connectivity index (χ2n) is 8.14. The fourth-order valence-electron chi connectivity index (χ4n) is 4.50. The van der Waals surface area contributed by atoms with Crippen LogP contribution in [0.1, 0.15) is 40.5 Å². The number of carbonyl (C=O) groups excluding carboxylic acids is 3. The van der Waals surface area contributed by atoms with Crippen molar-refractivity contribution >= 4 is 34.4 Å². The molecule has 1 unspecified atom stereocenters. The number of benzene rings is 2. The standard InChI is InChI=1S/C26H26N2O7/c1-14-6-7-22(29)28(14)21-12-15(8-9-27-21)23-17-13-20(33-3)19(32-2)11-16(17)10-18(25(30)34-4)24(23)26(31)35-5/h8-14H,6-7H2,1-5H3. The molecule has 1 aromatic heterocycles. The van der Waals surface area contributed by atoms with E-state index >= 15 is 0 Å². The van der Waals surface area contributed by atoms with Gasteiger partial charge in [-0.15, -0.1) is 0 Å². The zero-order valence-electron chi connectivity index (χ0n) is 20.2. The molecule has 0 radical (unpaired) electrons. The number of aromatic nitrogens is 1. The van der Waals surface area contributed by atoms with Gasteiger partial charge in [-0.1, -0.05) is 0 Å². The first-order valence-corrected chi connectivity index (χ1v) is 11.0. The van der Waals surface area contributed by atoms with Crippen molar-refractivity contribution in [2.24, 2.45) is 0 Å². The maximum atomic E-state index is 13.0. The highest BCUT2D eigenvalue weighted by Crippen LogP contribution is 2.41. The van der Waals surface area contributed by atoms with Gasteiger partial charge in [-0.05, 0) is 60.0 Å². The number of ether oxygens (including phenoxy) is 4. The van der Waals surface area contributed by atoms with Crippen LogP contribution in [0.15, 0.2) is 36.5 Å². The Morgan fingerprint density at radius 1 is 0.971 bits per heavy atom. The summed E-state index contributed by atoms with van der Waals surface area (Å²) in [6, 6.07) is 8.47. The van der Waals surface area contributed by atoms with Crippen LogP contribution < -0.4 is 14.4 Å². The highest BCUT2D eigenvalue weighted by molar-refractivity contribution is 6.16. The van der Waals surface area contributed by atoms with Crippen molar-refractivity contribution in [2.45, 2.75) is 25.8 Å². The molecule has 2 heterocycles. The van der Waals surface area contributed by atoms with E-state index in [1.807, 2.05) is 6.92 Å². The van der Waals surface area contributed by atoms with Gasteiger partial charge in [0.25, 0.3) is 0 Å². The van der Waals surface area contributed by atoms with Crippen molar-refractivity contribution < 1.29 is 33.3 Å². The number of nitrogens with zero attached hydrogens (tertiary/aromatic N) is 2. The molecule has 1 amide bonds. The van der Waals surface area contributed by atoms with Crippen molar-refractivity contribution in [1.82, 2.24) is 4.98 Å². The lowest BCUT2D eigenvalue weighted by atomic mass is 9.89. The Morgan fingerprint density at radius 3 is 2.26 bits per heavy atom. The lowest BCUT2D eigenvalue weighted by Gasteiger charge is -2.22. The molecule has 1 atom stereocenters. The fraction of sp³-hybridized carbons (Fsp3) is 0.308. The first-order valence-electron chi connectivity index (χ1n) is 11.0. The topological polar surface area (TPSA) is 104 Å². The van der Waals surface area contributed by atoms with Crippen LogP contribution in [0.2, 0.25) is 0 Å².